The molecule has 0 aliphatic carbocycles. The van der Waals surface area contributed by atoms with Gasteiger partial charge in [0.15, 0.2) is 0 Å². The molecule has 0 fully saturated rings. The molecular weight excluding hydrogens is 619 g/mol. The number of hydrogen-bond donors (Lipinski definition) is 0. The van der Waals surface area contributed by atoms with Crippen molar-refractivity contribution in [2.75, 3.05) is 4.90 Å². The molecule has 0 saturated heterocycles. The van der Waals surface area contributed by atoms with Crippen LogP contribution in [-0.4, -0.2) is 9.97 Å². The number of benzene rings is 9. The van der Waals surface area contributed by atoms with Crippen molar-refractivity contribution in [1.82, 2.24) is 9.97 Å². The first kappa shape index (κ1) is 28.0. The third-order valence-corrected chi connectivity index (χ3v) is 10.5. The molecule has 10 aromatic rings. The van der Waals surface area contributed by atoms with Crippen LogP contribution in [0.15, 0.2) is 176 Å². The van der Waals surface area contributed by atoms with Crippen LogP contribution in [0.3, 0.4) is 0 Å². The first-order valence-corrected chi connectivity index (χ1v) is 17.4. The standard InChI is InChI=1S/C48H29N3/c1-4-19-36-30(12-1)26-27-40-39-22-10-14-31-15-11-25-44(45(31)39)51(48(36)40)34-17-9-16-33(28-34)46-47(50-43-24-8-7-23-42(43)49-46)41-29-32-13-2-3-18-35(32)37-20-5-6-21-38(37)41/h1-29H. The van der Waals surface area contributed by atoms with Gasteiger partial charge in [-0.15, -0.1) is 0 Å². The van der Waals surface area contributed by atoms with Gasteiger partial charge in [-0.3, -0.25) is 0 Å². The van der Waals surface area contributed by atoms with Crippen molar-refractivity contribution in [3.05, 3.63) is 176 Å². The quantitative estimate of drug-likeness (QED) is 0.179. The van der Waals surface area contributed by atoms with Crippen molar-refractivity contribution in [2.24, 2.45) is 0 Å². The molecular formula is C48H29N3. The highest BCUT2D eigenvalue weighted by atomic mass is 15.2. The summed E-state index contributed by atoms with van der Waals surface area (Å²) in [6.45, 7) is 0. The number of aromatic nitrogens is 2. The van der Waals surface area contributed by atoms with Crippen molar-refractivity contribution in [3.63, 3.8) is 0 Å². The summed E-state index contributed by atoms with van der Waals surface area (Å²) in [5.41, 5.74) is 11.5. The molecule has 51 heavy (non-hydrogen) atoms. The van der Waals surface area contributed by atoms with Crippen molar-refractivity contribution in [3.8, 4) is 33.6 Å². The fourth-order valence-electron chi connectivity index (χ4n) is 8.27. The summed E-state index contributed by atoms with van der Waals surface area (Å²) in [4.78, 5) is 13.2. The van der Waals surface area contributed by atoms with Crippen LogP contribution in [0, 0.1) is 0 Å². The summed E-state index contributed by atoms with van der Waals surface area (Å²) in [6, 6.07) is 63.2. The largest absolute Gasteiger partial charge is 0.309 e. The lowest BCUT2D eigenvalue weighted by atomic mass is 9.88. The van der Waals surface area contributed by atoms with E-state index in [1.807, 2.05) is 12.1 Å². The lowest BCUT2D eigenvalue weighted by Gasteiger charge is -2.34. The van der Waals surface area contributed by atoms with Gasteiger partial charge in [0, 0.05) is 33.2 Å². The van der Waals surface area contributed by atoms with Gasteiger partial charge in [-0.05, 0) is 74.3 Å². The first-order chi connectivity index (χ1) is 25.3. The molecule has 3 heteroatoms. The van der Waals surface area contributed by atoms with E-state index >= 15 is 0 Å². The molecule has 1 aliphatic heterocycles. The smallest absolute Gasteiger partial charge is 0.0979 e. The van der Waals surface area contributed by atoms with E-state index < -0.39 is 0 Å². The van der Waals surface area contributed by atoms with Gasteiger partial charge in [0.25, 0.3) is 0 Å². The van der Waals surface area contributed by atoms with Gasteiger partial charge in [0.1, 0.15) is 0 Å². The third kappa shape index (κ3) is 4.19. The number of anilines is 3. The van der Waals surface area contributed by atoms with Crippen molar-refractivity contribution in [1.29, 1.82) is 0 Å². The van der Waals surface area contributed by atoms with Crippen LogP contribution in [0.2, 0.25) is 0 Å². The molecule has 0 amide bonds. The van der Waals surface area contributed by atoms with Crippen molar-refractivity contribution in [2.45, 2.75) is 0 Å². The molecule has 236 valence electrons. The van der Waals surface area contributed by atoms with Gasteiger partial charge in [-0.25, -0.2) is 9.97 Å². The van der Waals surface area contributed by atoms with Crippen molar-refractivity contribution >= 4 is 71.2 Å². The molecule has 0 unspecified atom stereocenters. The Morgan fingerprint density at radius 1 is 0.373 bits per heavy atom. The van der Waals surface area contributed by atoms with Gasteiger partial charge in [-0.1, -0.05) is 140 Å². The van der Waals surface area contributed by atoms with Crippen LogP contribution >= 0.6 is 0 Å². The lowest BCUT2D eigenvalue weighted by molar-refractivity contribution is 1.28. The number of para-hydroxylation sites is 2. The zero-order chi connectivity index (χ0) is 33.5. The van der Waals surface area contributed by atoms with E-state index in [0.717, 1.165) is 44.6 Å². The molecule has 0 spiro atoms. The number of nitrogens with zero attached hydrogens (tertiary/aromatic N) is 3. The highest BCUT2D eigenvalue weighted by Crippen LogP contribution is 2.53. The minimum Gasteiger partial charge on any atom is -0.309 e. The lowest BCUT2D eigenvalue weighted by Crippen LogP contribution is -2.15. The minimum absolute atomic E-state index is 0.866. The van der Waals surface area contributed by atoms with Crippen LogP contribution < -0.4 is 4.90 Å². The molecule has 0 radical (unpaired) electrons. The molecule has 9 aromatic carbocycles. The Labute approximate surface area is 294 Å². The molecule has 0 bridgehead atoms. The predicted octanol–water partition coefficient (Wildman–Crippen LogP) is 13.0. The number of rotatable bonds is 3. The normalized spacial score (nSPS) is 12.3. The molecule has 1 aliphatic rings. The van der Waals surface area contributed by atoms with Crippen LogP contribution in [0.5, 0.6) is 0 Å². The molecule has 0 N–H and O–H groups in total. The summed E-state index contributed by atoms with van der Waals surface area (Å²) in [7, 11) is 0. The summed E-state index contributed by atoms with van der Waals surface area (Å²) in [5.74, 6) is 0. The monoisotopic (exact) mass is 647 g/mol. The van der Waals surface area contributed by atoms with Crippen LogP contribution in [-0.2, 0) is 0 Å². The predicted molar refractivity (Wildman–Crippen MR) is 214 cm³/mol. The summed E-state index contributed by atoms with van der Waals surface area (Å²) < 4.78 is 0. The van der Waals surface area contributed by atoms with E-state index in [9.17, 15) is 0 Å². The average molecular weight is 648 g/mol. The van der Waals surface area contributed by atoms with Crippen LogP contribution in [0.1, 0.15) is 0 Å². The Morgan fingerprint density at radius 3 is 1.86 bits per heavy atom. The van der Waals surface area contributed by atoms with E-state index in [1.54, 1.807) is 0 Å². The van der Waals surface area contributed by atoms with Gasteiger partial charge >= 0.3 is 0 Å². The Morgan fingerprint density at radius 2 is 1.02 bits per heavy atom. The maximum Gasteiger partial charge on any atom is 0.0979 e. The minimum atomic E-state index is 0.866. The summed E-state index contributed by atoms with van der Waals surface area (Å²) >= 11 is 0. The third-order valence-electron chi connectivity index (χ3n) is 10.5. The number of hydrogen-bond acceptors (Lipinski definition) is 3. The summed E-state index contributed by atoms with van der Waals surface area (Å²) in [6.07, 6.45) is 0. The maximum absolute atomic E-state index is 5.38. The van der Waals surface area contributed by atoms with E-state index in [2.05, 4.69) is 169 Å². The molecule has 0 atom stereocenters. The topological polar surface area (TPSA) is 29.0 Å². The Hall–Kier alpha value is -6.84. The van der Waals surface area contributed by atoms with Gasteiger partial charge < -0.3 is 4.90 Å². The Balaban J connectivity index is 1.20. The second-order valence-electron chi connectivity index (χ2n) is 13.3. The van der Waals surface area contributed by atoms with E-state index in [4.69, 9.17) is 9.97 Å². The van der Waals surface area contributed by atoms with Gasteiger partial charge in [0.2, 0.25) is 0 Å². The molecule has 3 nitrogen and oxygen atoms in total. The first-order valence-electron chi connectivity index (χ1n) is 17.4. The fraction of sp³-hybridized carbons (Fsp3) is 0. The Bertz CT molecular complexity index is 3050. The summed E-state index contributed by atoms with van der Waals surface area (Å²) in [5, 5.41) is 9.74. The average Bonchev–Trinajstić information content (AvgIpc) is 3.20. The second-order valence-corrected chi connectivity index (χ2v) is 13.3. The highest BCUT2D eigenvalue weighted by molar-refractivity contribution is 6.19. The fourth-order valence-corrected chi connectivity index (χ4v) is 8.27. The number of fused-ring (bicyclic) bond motifs is 8. The van der Waals surface area contributed by atoms with E-state index in [-0.39, 0.29) is 0 Å². The highest BCUT2D eigenvalue weighted by Gasteiger charge is 2.28. The van der Waals surface area contributed by atoms with Crippen LogP contribution in [0.4, 0.5) is 17.1 Å². The van der Waals surface area contributed by atoms with Gasteiger partial charge in [0.05, 0.1) is 33.8 Å². The SMILES string of the molecule is c1cc(-c2nc3ccccc3nc2-c2cc3ccccc3c3ccccc23)cc(N2c3c(ccc4ccccc34)-c3cccc4cccc2c34)c1. The van der Waals surface area contributed by atoms with E-state index in [1.165, 1.54) is 60.2 Å². The van der Waals surface area contributed by atoms with Crippen LogP contribution in [0.25, 0.3) is 87.8 Å². The van der Waals surface area contributed by atoms with Crippen molar-refractivity contribution < 1.29 is 0 Å². The molecule has 1 aromatic heterocycles. The molecule has 0 saturated carbocycles. The zero-order valence-corrected chi connectivity index (χ0v) is 27.6. The molecule has 11 rings (SSSR count). The van der Waals surface area contributed by atoms with E-state index in [0.29, 0.717) is 0 Å². The Kier molecular flexibility index (Phi) is 5.96. The van der Waals surface area contributed by atoms with Gasteiger partial charge in [-0.2, -0.15) is 0 Å². The second kappa shape index (κ2) is 10.8. The molecule has 2 heterocycles. The zero-order valence-electron chi connectivity index (χ0n) is 27.6. The maximum atomic E-state index is 5.38.